The van der Waals surface area contributed by atoms with Crippen LogP contribution in [-0.4, -0.2) is 11.1 Å². The lowest BCUT2D eigenvalue weighted by molar-refractivity contribution is -0.137. The molecule has 1 aromatic carbocycles. The minimum atomic E-state index is -4.41. The quantitative estimate of drug-likeness (QED) is 0.905. The fourth-order valence-electron chi connectivity index (χ4n) is 1.03. The number of alkyl halides is 3. The molecule has 82 valence electrons. The summed E-state index contributed by atoms with van der Waals surface area (Å²) in [5.41, 5.74) is -0.487. The van der Waals surface area contributed by atoms with Gasteiger partial charge in [-0.25, -0.2) is 0 Å². The summed E-state index contributed by atoms with van der Waals surface area (Å²) in [7, 11) is 0. The average Bonchev–Trinajstić information content (AvgIpc) is 2.05. The highest BCUT2D eigenvalue weighted by atomic mass is 79.9. The molecule has 1 rings (SSSR count). The first-order chi connectivity index (χ1) is 6.80. The molecule has 0 fully saturated rings. The summed E-state index contributed by atoms with van der Waals surface area (Å²) in [5, 5.41) is 8.48. The molecule has 15 heavy (non-hydrogen) atoms. The van der Waals surface area contributed by atoms with Crippen molar-refractivity contribution in [3.8, 4) is 0 Å². The second kappa shape index (κ2) is 4.22. The third-order valence-electron chi connectivity index (χ3n) is 1.72. The molecule has 0 radical (unpaired) electrons. The Morgan fingerprint density at radius 3 is 2.40 bits per heavy atom. The van der Waals surface area contributed by atoms with E-state index in [0.29, 0.717) is 5.56 Å². The van der Waals surface area contributed by atoms with Crippen molar-refractivity contribution in [2.45, 2.75) is 12.6 Å². The molecule has 0 saturated heterocycles. The van der Waals surface area contributed by atoms with E-state index in [1.54, 1.807) is 0 Å². The normalized spacial score (nSPS) is 11.5. The lowest BCUT2D eigenvalue weighted by atomic mass is 10.1. The van der Waals surface area contributed by atoms with E-state index in [2.05, 4.69) is 15.9 Å². The highest BCUT2D eigenvalue weighted by molar-refractivity contribution is 9.10. The number of carboxylic acid groups (broad SMARTS) is 1. The molecule has 0 unspecified atom stereocenters. The maximum Gasteiger partial charge on any atom is 0.416 e. The first kappa shape index (κ1) is 12.0. The monoisotopic (exact) mass is 282 g/mol. The van der Waals surface area contributed by atoms with Crippen molar-refractivity contribution in [2.24, 2.45) is 0 Å². The van der Waals surface area contributed by atoms with Crippen molar-refractivity contribution >= 4 is 21.9 Å². The van der Waals surface area contributed by atoms with Gasteiger partial charge in [-0.15, -0.1) is 0 Å². The summed E-state index contributed by atoms with van der Waals surface area (Å²) in [6.07, 6.45) is -4.72. The van der Waals surface area contributed by atoms with Crippen LogP contribution in [0.3, 0.4) is 0 Å². The van der Waals surface area contributed by atoms with Gasteiger partial charge in [0.05, 0.1) is 12.0 Å². The summed E-state index contributed by atoms with van der Waals surface area (Å²) >= 11 is 2.90. The number of aliphatic carboxylic acids is 1. The van der Waals surface area contributed by atoms with E-state index < -0.39 is 17.7 Å². The summed E-state index contributed by atoms with van der Waals surface area (Å²) in [6, 6.07) is 2.89. The highest BCUT2D eigenvalue weighted by Gasteiger charge is 2.30. The maximum atomic E-state index is 12.2. The Labute approximate surface area is 91.8 Å². The average molecular weight is 283 g/mol. The van der Waals surface area contributed by atoms with Gasteiger partial charge in [-0.2, -0.15) is 13.2 Å². The molecule has 1 aromatic rings. The van der Waals surface area contributed by atoms with E-state index in [9.17, 15) is 18.0 Å². The minimum Gasteiger partial charge on any atom is -0.481 e. The fourth-order valence-corrected chi connectivity index (χ4v) is 1.55. The molecule has 0 bridgehead atoms. The van der Waals surface area contributed by atoms with Gasteiger partial charge in [0.1, 0.15) is 0 Å². The Bertz CT molecular complexity index is 387. The van der Waals surface area contributed by atoms with Gasteiger partial charge in [0, 0.05) is 4.47 Å². The Kier molecular flexibility index (Phi) is 3.38. The third-order valence-corrected chi connectivity index (χ3v) is 2.46. The molecule has 0 heterocycles. The molecule has 0 spiro atoms. The molecular weight excluding hydrogens is 277 g/mol. The van der Waals surface area contributed by atoms with Crippen LogP contribution in [0.15, 0.2) is 22.7 Å². The van der Waals surface area contributed by atoms with Crippen molar-refractivity contribution in [3.05, 3.63) is 33.8 Å². The van der Waals surface area contributed by atoms with Crippen LogP contribution >= 0.6 is 15.9 Å². The molecule has 0 aliphatic rings. The number of rotatable bonds is 2. The van der Waals surface area contributed by atoms with E-state index >= 15 is 0 Å². The maximum absolute atomic E-state index is 12.2. The lowest BCUT2D eigenvalue weighted by Crippen LogP contribution is -2.06. The molecule has 0 saturated carbocycles. The van der Waals surface area contributed by atoms with Gasteiger partial charge < -0.3 is 5.11 Å². The van der Waals surface area contributed by atoms with Crippen molar-refractivity contribution in [2.75, 3.05) is 0 Å². The van der Waals surface area contributed by atoms with Gasteiger partial charge in [0.15, 0.2) is 0 Å². The zero-order valence-corrected chi connectivity index (χ0v) is 8.89. The van der Waals surface area contributed by atoms with Gasteiger partial charge in [-0.3, -0.25) is 4.79 Å². The molecule has 0 aliphatic carbocycles. The Hall–Kier alpha value is -1.04. The Morgan fingerprint density at radius 2 is 2.00 bits per heavy atom. The summed E-state index contributed by atoms with van der Waals surface area (Å²) < 4.78 is 36.8. The molecular formula is C9H6BrF3O2. The summed E-state index contributed by atoms with van der Waals surface area (Å²) in [4.78, 5) is 10.4. The minimum absolute atomic E-state index is 0.153. The molecule has 6 heteroatoms. The first-order valence-corrected chi connectivity index (χ1v) is 4.67. The van der Waals surface area contributed by atoms with Crippen LogP contribution in [-0.2, 0) is 17.4 Å². The van der Waals surface area contributed by atoms with Gasteiger partial charge in [-0.1, -0.05) is 22.0 Å². The fraction of sp³-hybridized carbons (Fsp3) is 0.222. The van der Waals surface area contributed by atoms with Crippen LogP contribution < -0.4 is 0 Å². The molecule has 2 nitrogen and oxygen atoms in total. The zero-order chi connectivity index (χ0) is 11.6. The van der Waals surface area contributed by atoms with Crippen LogP contribution in [0.2, 0.25) is 0 Å². The Morgan fingerprint density at radius 1 is 1.40 bits per heavy atom. The smallest absolute Gasteiger partial charge is 0.416 e. The number of carbonyl (C=O) groups is 1. The van der Waals surface area contributed by atoms with Crippen LogP contribution in [0.4, 0.5) is 13.2 Å². The van der Waals surface area contributed by atoms with E-state index in [1.807, 2.05) is 0 Å². The van der Waals surface area contributed by atoms with Crippen LogP contribution in [0, 0.1) is 0 Å². The van der Waals surface area contributed by atoms with Gasteiger partial charge in [0.2, 0.25) is 0 Å². The van der Waals surface area contributed by atoms with Crippen LogP contribution in [0.1, 0.15) is 11.1 Å². The van der Waals surface area contributed by atoms with Crippen molar-refractivity contribution < 1.29 is 23.1 Å². The Balaban J connectivity index is 3.03. The zero-order valence-electron chi connectivity index (χ0n) is 7.31. The highest BCUT2D eigenvalue weighted by Crippen LogP contribution is 2.32. The molecule has 0 atom stereocenters. The van der Waals surface area contributed by atoms with Crippen molar-refractivity contribution in [3.63, 3.8) is 0 Å². The van der Waals surface area contributed by atoms with Crippen molar-refractivity contribution in [1.29, 1.82) is 0 Å². The first-order valence-electron chi connectivity index (χ1n) is 3.88. The predicted octanol–water partition coefficient (Wildman–Crippen LogP) is 3.10. The molecule has 0 aromatic heterocycles. The van der Waals surface area contributed by atoms with E-state index in [0.717, 1.165) is 18.2 Å². The molecule has 0 amide bonds. The lowest BCUT2D eigenvalue weighted by Gasteiger charge is -2.08. The number of benzene rings is 1. The van der Waals surface area contributed by atoms with Crippen molar-refractivity contribution in [1.82, 2.24) is 0 Å². The number of carboxylic acids is 1. The van der Waals surface area contributed by atoms with Gasteiger partial charge in [-0.05, 0) is 17.7 Å². The third kappa shape index (κ3) is 3.23. The number of hydrogen-bond acceptors (Lipinski definition) is 1. The predicted molar refractivity (Wildman–Crippen MR) is 50.5 cm³/mol. The second-order valence-corrected chi connectivity index (χ2v) is 3.73. The second-order valence-electron chi connectivity index (χ2n) is 2.87. The SMILES string of the molecule is O=C(O)Cc1ccc(C(F)(F)F)cc1Br. The number of halogens is 4. The van der Waals surface area contributed by atoms with E-state index in [-0.39, 0.29) is 10.9 Å². The van der Waals surface area contributed by atoms with Crippen LogP contribution in [0.25, 0.3) is 0 Å². The molecule has 1 N–H and O–H groups in total. The largest absolute Gasteiger partial charge is 0.481 e. The van der Waals surface area contributed by atoms with E-state index in [1.165, 1.54) is 0 Å². The topological polar surface area (TPSA) is 37.3 Å². The van der Waals surface area contributed by atoms with E-state index in [4.69, 9.17) is 5.11 Å². The summed E-state index contributed by atoms with van der Waals surface area (Å²) in [5.74, 6) is -1.09. The summed E-state index contributed by atoms with van der Waals surface area (Å²) in [6.45, 7) is 0. The van der Waals surface area contributed by atoms with Gasteiger partial charge in [0.25, 0.3) is 0 Å². The number of hydrogen-bond donors (Lipinski definition) is 1. The standard InChI is InChI=1S/C9H6BrF3O2/c10-7-4-6(9(11,12)13)2-1-5(7)3-8(14)15/h1-2,4H,3H2,(H,14,15). The molecule has 0 aliphatic heterocycles. The van der Waals surface area contributed by atoms with Crippen LogP contribution in [0.5, 0.6) is 0 Å². The van der Waals surface area contributed by atoms with Gasteiger partial charge >= 0.3 is 12.1 Å².